The summed E-state index contributed by atoms with van der Waals surface area (Å²) in [6, 6.07) is 8.12. The van der Waals surface area contributed by atoms with Crippen molar-refractivity contribution in [1.82, 2.24) is 29.9 Å². The Morgan fingerprint density at radius 3 is 2.50 bits per heavy atom. The number of anilines is 1. The number of amides is 1. The maximum atomic E-state index is 12.6. The van der Waals surface area contributed by atoms with Crippen LogP contribution in [0.1, 0.15) is 37.7 Å². The van der Waals surface area contributed by atoms with E-state index in [1.165, 1.54) is 31.2 Å². The summed E-state index contributed by atoms with van der Waals surface area (Å²) in [4.78, 5) is 25.8. The minimum absolute atomic E-state index is 0.305. The molecule has 1 aliphatic carbocycles. The molecule has 2 aliphatic rings. The van der Waals surface area contributed by atoms with Crippen molar-refractivity contribution in [2.75, 3.05) is 31.1 Å². The molecule has 1 saturated heterocycles. The van der Waals surface area contributed by atoms with E-state index < -0.39 is 0 Å². The highest BCUT2D eigenvalue weighted by molar-refractivity contribution is 5.84. The van der Waals surface area contributed by atoms with Gasteiger partial charge < -0.3 is 9.80 Å². The molecule has 1 aromatic carbocycles. The van der Waals surface area contributed by atoms with E-state index in [1.807, 2.05) is 29.2 Å². The molecule has 5 rings (SSSR count). The van der Waals surface area contributed by atoms with Crippen LogP contribution in [0.15, 0.2) is 30.6 Å². The predicted octanol–water partition coefficient (Wildman–Crippen LogP) is 2.75. The second kappa shape index (κ2) is 8.01. The molecule has 0 N–H and O–H groups in total. The van der Waals surface area contributed by atoms with Crippen molar-refractivity contribution < 1.29 is 4.79 Å². The fourth-order valence-corrected chi connectivity index (χ4v) is 4.59. The van der Waals surface area contributed by atoms with Crippen LogP contribution in [0.25, 0.3) is 16.9 Å². The molecule has 30 heavy (non-hydrogen) atoms. The first-order valence-electron chi connectivity index (χ1n) is 10.9. The summed E-state index contributed by atoms with van der Waals surface area (Å²) in [6.45, 7) is 5.01. The summed E-state index contributed by atoms with van der Waals surface area (Å²) >= 11 is 0. The Morgan fingerprint density at radius 1 is 1.03 bits per heavy atom. The molecule has 1 amide bonds. The average Bonchev–Trinajstić information content (AvgIpc) is 3.44. The molecule has 8 heteroatoms. The molecule has 1 aliphatic heterocycles. The first-order valence-corrected chi connectivity index (χ1v) is 10.9. The third-order valence-corrected chi connectivity index (χ3v) is 6.37. The van der Waals surface area contributed by atoms with Gasteiger partial charge in [-0.15, -0.1) is 5.10 Å². The van der Waals surface area contributed by atoms with Crippen molar-refractivity contribution in [3.63, 3.8) is 0 Å². The zero-order chi connectivity index (χ0) is 20.5. The predicted molar refractivity (Wildman–Crippen MR) is 115 cm³/mol. The van der Waals surface area contributed by atoms with Crippen molar-refractivity contribution in [3.8, 4) is 5.69 Å². The van der Waals surface area contributed by atoms with Crippen molar-refractivity contribution in [3.05, 3.63) is 36.2 Å². The molecule has 8 nitrogen and oxygen atoms in total. The lowest BCUT2D eigenvalue weighted by molar-refractivity contribution is -0.132. The Labute approximate surface area is 175 Å². The van der Waals surface area contributed by atoms with E-state index in [2.05, 4.69) is 32.1 Å². The molecule has 2 aromatic heterocycles. The van der Waals surface area contributed by atoms with Crippen LogP contribution in [-0.2, 0) is 4.79 Å². The number of rotatable bonds is 4. The molecular formula is C22H27N7O. The number of aromatic nitrogens is 5. The third-order valence-electron chi connectivity index (χ3n) is 6.37. The molecule has 0 unspecified atom stereocenters. The lowest BCUT2D eigenvalue weighted by Gasteiger charge is -2.35. The topological polar surface area (TPSA) is 80.0 Å². The highest BCUT2D eigenvalue weighted by Crippen LogP contribution is 2.29. The van der Waals surface area contributed by atoms with Crippen LogP contribution < -0.4 is 4.90 Å². The van der Waals surface area contributed by atoms with Crippen LogP contribution >= 0.6 is 0 Å². The van der Waals surface area contributed by atoms with E-state index in [0.29, 0.717) is 29.4 Å². The first-order chi connectivity index (χ1) is 14.7. The molecule has 0 radical (unpaired) electrons. The molecule has 1 saturated carbocycles. The maximum absolute atomic E-state index is 12.6. The van der Waals surface area contributed by atoms with Crippen LogP contribution in [0, 0.1) is 12.8 Å². The number of piperazine rings is 1. The zero-order valence-corrected chi connectivity index (χ0v) is 17.4. The van der Waals surface area contributed by atoms with Gasteiger partial charge in [-0.3, -0.25) is 4.79 Å². The number of nitrogens with zero attached hydrogens (tertiary/aromatic N) is 7. The molecule has 0 atom stereocenters. The Kier molecular flexibility index (Phi) is 5.06. The van der Waals surface area contributed by atoms with Gasteiger partial charge in [0, 0.05) is 32.6 Å². The second-order valence-corrected chi connectivity index (χ2v) is 8.43. The fourth-order valence-electron chi connectivity index (χ4n) is 4.59. The Hall–Kier alpha value is -3.03. The van der Waals surface area contributed by atoms with Crippen molar-refractivity contribution in [2.24, 2.45) is 5.92 Å². The quantitative estimate of drug-likeness (QED) is 0.664. The molecular weight excluding hydrogens is 378 g/mol. The lowest BCUT2D eigenvalue weighted by Crippen LogP contribution is -2.49. The monoisotopic (exact) mass is 405 g/mol. The number of carbonyl (C=O) groups is 1. The average molecular weight is 406 g/mol. The van der Waals surface area contributed by atoms with Gasteiger partial charge in [0.15, 0.2) is 17.0 Å². The molecule has 3 heterocycles. The van der Waals surface area contributed by atoms with Gasteiger partial charge in [0.25, 0.3) is 0 Å². The highest BCUT2D eigenvalue weighted by atomic mass is 16.2. The minimum Gasteiger partial charge on any atom is -0.351 e. The fraction of sp³-hybridized carbons (Fsp3) is 0.500. The van der Waals surface area contributed by atoms with Gasteiger partial charge in [-0.05, 0) is 37.8 Å². The standard InChI is InChI=1S/C22H27N7O/c1-16-6-8-18(9-7-16)29-22-20(25-26-29)21(23-15-24-22)28-12-10-27(11-13-28)19(30)14-17-4-2-3-5-17/h6-9,15,17H,2-5,10-14H2,1H3. The van der Waals surface area contributed by atoms with E-state index in [4.69, 9.17) is 0 Å². The maximum Gasteiger partial charge on any atom is 0.222 e. The van der Waals surface area contributed by atoms with Gasteiger partial charge in [0.1, 0.15) is 6.33 Å². The molecule has 0 spiro atoms. The van der Waals surface area contributed by atoms with Gasteiger partial charge in [-0.1, -0.05) is 35.8 Å². The summed E-state index contributed by atoms with van der Waals surface area (Å²) < 4.78 is 1.75. The van der Waals surface area contributed by atoms with Gasteiger partial charge in [0.2, 0.25) is 5.91 Å². The van der Waals surface area contributed by atoms with E-state index in [1.54, 1.807) is 11.0 Å². The van der Waals surface area contributed by atoms with Crippen LogP contribution in [0.3, 0.4) is 0 Å². The summed E-state index contributed by atoms with van der Waals surface area (Å²) in [7, 11) is 0. The summed E-state index contributed by atoms with van der Waals surface area (Å²) in [6.07, 6.45) is 7.26. The van der Waals surface area contributed by atoms with E-state index in [9.17, 15) is 4.79 Å². The number of benzene rings is 1. The van der Waals surface area contributed by atoms with E-state index in [0.717, 1.165) is 37.7 Å². The largest absolute Gasteiger partial charge is 0.351 e. The summed E-state index contributed by atoms with van der Waals surface area (Å²) in [5.41, 5.74) is 3.52. The molecule has 2 fully saturated rings. The first kappa shape index (κ1) is 19.0. The van der Waals surface area contributed by atoms with E-state index in [-0.39, 0.29) is 0 Å². The molecule has 156 valence electrons. The number of hydrogen-bond acceptors (Lipinski definition) is 6. The molecule has 0 bridgehead atoms. The van der Waals surface area contributed by atoms with Gasteiger partial charge >= 0.3 is 0 Å². The zero-order valence-electron chi connectivity index (χ0n) is 17.4. The van der Waals surface area contributed by atoms with Crippen molar-refractivity contribution in [1.29, 1.82) is 0 Å². The van der Waals surface area contributed by atoms with Crippen LogP contribution in [0.4, 0.5) is 5.82 Å². The summed E-state index contributed by atoms with van der Waals surface area (Å²) in [5.74, 6) is 1.69. The van der Waals surface area contributed by atoms with Gasteiger partial charge in [-0.2, -0.15) is 4.68 Å². The SMILES string of the molecule is Cc1ccc(-n2nnc3c(N4CCN(C(=O)CC5CCCC5)CC4)ncnc32)cc1. The van der Waals surface area contributed by atoms with Gasteiger partial charge in [0.05, 0.1) is 5.69 Å². The summed E-state index contributed by atoms with van der Waals surface area (Å²) in [5, 5.41) is 8.71. The highest BCUT2D eigenvalue weighted by Gasteiger charge is 2.27. The van der Waals surface area contributed by atoms with Crippen LogP contribution in [-0.4, -0.2) is 61.9 Å². The van der Waals surface area contributed by atoms with E-state index >= 15 is 0 Å². The van der Waals surface area contributed by atoms with Gasteiger partial charge in [-0.25, -0.2) is 9.97 Å². The lowest BCUT2D eigenvalue weighted by atomic mass is 10.0. The Morgan fingerprint density at radius 2 is 1.77 bits per heavy atom. The Bertz CT molecular complexity index is 1030. The molecule has 3 aromatic rings. The number of hydrogen-bond donors (Lipinski definition) is 0. The number of aryl methyl sites for hydroxylation is 1. The van der Waals surface area contributed by atoms with Crippen LogP contribution in [0.2, 0.25) is 0 Å². The van der Waals surface area contributed by atoms with Crippen molar-refractivity contribution in [2.45, 2.75) is 39.0 Å². The Balaban J connectivity index is 1.31. The second-order valence-electron chi connectivity index (χ2n) is 8.43. The van der Waals surface area contributed by atoms with Crippen LogP contribution in [0.5, 0.6) is 0 Å². The number of carbonyl (C=O) groups excluding carboxylic acids is 1. The normalized spacial score (nSPS) is 17.8. The minimum atomic E-state index is 0.305. The third kappa shape index (κ3) is 3.62. The number of fused-ring (bicyclic) bond motifs is 1. The smallest absolute Gasteiger partial charge is 0.222 e. The van der Waals surface area contributed by atoms with Crippen molar-refractivity contribution >= 4 is 22.9 Å².